The van der Waals surface area contributed by atoms with E-state index in [1.165, 1.54) is 6.34 Å². The zero-order chi connectivity index (χ0) is 16.3. The zero-order valence-electron chi connectivity index (χ0n) is 10.7. The topological polar surface area (TPSA) is 104 Å². The largest absolute Gasteiger partial charge is 0.490 e. The highest BCUT2D eigenvalue weighted by atomic mass is 19.4. The number of halogens is 3. The first-order valence-electron chi connectivity index (χ1n) is 5.76. The Bertz CT molecular complexity index is 712. The van der Waals surface area contributed by atoms with E-state index in [0.29, 0.717) is 23.5 Å². The molecule has 0 aromatic rings. The lowest BCUT2D eigenvalue weighted by molar-refractivity contribution is -0.192. The van der Waals surface area contributed by atoms with Crippen LogP contribution in [0, 0.1) is 0 Å². The van der Waals surface area contributed by atoms with Crippen molar-refractivity contribution in [2.24, 2.45) is 20.0 Å². The molecular formula is C12H7F3N4O3. The van der Waals surface area contributed by atoms with Crippen LogP contribution >= 0.6 is 0 Å². The Morgan fingerprint density at radius 2 is 2.00 bits per heavy atom. The van der Waals surface area contributed by atoms with Gasteiger partial charge in [0, 0.05) is 6.20 Å². The van der Waals surface area contributed by atoms with Crippen molar-refractivity contribution in [1.29, 1.82) is 0 Å². The number of hydrogen-bond donors (Lipinski definition) is 1. The number of alkyl halides is 3. The minimum absolute atomic E-state index is 0.266. The normalized spacial score (nSPS) is 18.8. The molecule has 3 rings (SSSR count). The van der Waals surface area contributed by atoms with Crippen LogP contribution in [0.2, 0.25) is 0 Å². The lowest BCUT2D eigenvalue weighted by atomic mass is 10.0. The monoisotopic (exact) mass is 312 g/mol. The van der Waals surface area contributed by atoms with Gasteiger partial charge in [0.2, 0.25) is 0 Å². The molecule has 22 heavy (non-hydrogen) atoms. The fraction of sp³-hybridized carbons (Fsp3) is 0.167. The molecule has 0 saturated heterocycles. The number of hydrogen-bond acceptors (Lipinski definition) is 5. The summed E-state index contributed by atoms with van der Waals surface area (Å²) in [4.78, 5) is 36.3. The third-order valence-corrected chi connectivity index (χ3v) is 2.58. The van der Waals surface area contributed by atoms with Crippen molar-refractivity contribution in [1.82, 2.24) is 0 Å². The van der Waals surface area contributed by atoms with Crippen LogP contribution < -0.4 is 0 Å². The van der Waals surface area contributed by atoms with Crippen LogP contribution in [0.15, 0.2) is 43.4 Å². The lowest BCUT2D eigenvalue weighted by Gasteiger charge is -2.03. The Morgan fingerprint density at radius 3 is 2.64 bits per heavy atom. The van der Waals surface area contributed by atoms with Crippen molar-refractivity contribution in [3.63, 3.8) is 0 Å². The van der Waals surface area contributed by atoms with Crippen LogP contribution in [0.5, 0.6) is 0 Å². The molecule has 1 amide bonds. The van der Waals surface area contributed by atoms with E-state index in [1.54, 1.807) is 12.4 Å². The van der Waals surface area contributed by atoms with E-state index in [0.717, 1.165) is 5.57 Å². The minimum atomic E-state index is -5.08. The number of aliphatic imine (C=N–C) groups is 4. The predicted octanol–water partition coefficient (Wildman–Crippen LogP) is 1.33. The first kappa shape index (κ1) is 15.5. The number of nitrogens with zero attached hydrogens (tertiary/aromatic N) is 4. The number of rotatable bonds is 0. The Hall–Kier alpha value is -2.91. The Balaban J connectivity index is 0.000000217. The molecule has 0 fully saturated rings. The number of carboxylic acid groups (broad SMARTS) is 1. The van der Waals surface area contributed by atoms with Crippen LogP contribution in [0.25, 0.3) is 0 Å². The molecule has 0 unspecified atom stereocenters. The van der Waals surface area contributed by atoms with Crippen LogP contribution in [-0.2, 0) is 9.59 Å². The molecule has 0 aliphatic carbocycles. The van der Waals surface area contributed by atoms with Crippen molar-refractivity contribution < 1.29 is 27.9 Å². The van der Waals surface area contributed by atoms with E-state index in [9.17, 15) is 18.0 Å². The van der Waals surface area contributed by atoms with Crippen molar-refractivity contribution in [2.75, 3.05) is 0 Å². The van der Waals surface area contributed by atoms with Gasteiger partial charge in [0.15, 0.2) is 5.84 Å². The number of aliphatic carboxylic acids is 1. The van der Waals surface area contributed by atoms with Crippen LogP contribution in [0.1, 0.15) is 6.42 Å². The highest BCUT2D eigenvalue weighted by Gasteiger charge is 2.38. The van der Waals surface area contributed by atoms with Gasteiger partial charge in [-0.15, -0.1) is 0 Å². The van der Waals surface area contributed by atoms with Gasteiger partial charge in [0.05, 0.1) is 17.5 Å². The predicted molar refractivity (Wildman–Crippen MR) is 71.3 cm³/mol. The molecule has 114 valence electrons. The average Bonchev–Trinajstić information content (AvgIpc) is 2.62. The second-order valence-corrected chi connectivity index (χ2v) is 4.02. The quantitative estimate of drug-likeness (QED) is 0.729. The maximum atomic E-state index is 11.6. The second-order valence-electron chi connectivity index (χ2n) is 4.02. The van der Waals surface area contributed by atoms with Crippen molar-refractivity contribution >= 4 is 36.0 Å². The number of fused-ring (bicyclic) bond motifs is 2. The fourth-order valence-electron chi connectivity index (χ4n) is 1.68. The minimum Gasteiger partial charge on any atom is -0.475 e. The third kappa shape index (κ3) is 3.22. The third-order valence-electron chi connectivity index (χ3n) is 2.58. The van der Waals surface area contributed by atoms with Gasteiger partial charge in [0.25, 0.3) is 5.91 Å². The maximum Gasteiger partial charge on any atom is 0.490 e. The molecule has 3 aliphatic heterocycles. The zero-order valence-corrected chi connectivity index (χ0v) is 10.7. The average molecular weight is 312 g/mol. The van der Waals surface area contributed by atoms with E-state index in [-0.39, 0.29) is 5.91 Å². The van der Waals surface area contributed by atoms with E-state index >= 15 is 0 Å². The molecule has 1 N–H and O–H groups in total. The molecule has 0 radical (unpaired) electrons. The Morgan fingerprint density at radius 1 is 1.32 bits per heavy atom. The second kappa shape index (κ2) is 5.84. The van der Waals surface area contributed by atoms with Gasteiger partial charge in [-0.3, -0.25) is 9.79 Å². The first-order chi connectivity index (χ1) is 10.3. The van der Waals surface area contributed by atoms with Gasteiger partial charge in [-0.25, -0.2) is 14.8 Å². The summed E-state index contributed by atoms with van der Waals surface area (Å²) in [5, 5.41) is 7.12. The van der Waals surface area contributed by atoms with Crippen molar-refractivity contribution in [3.05, 3.63) is 23.4 Å². The molecule has 3 aliphatic rings. The van der Waals surface area contributed by atoms with E-state index < -0.39 is 12.1 Å². The number of carbonyl (C=O) groups is 2. The molecule has 0 spiro atoms. The smallest absolute Gasteiger partial charge is 0.475 e. The van der Waals surface area contributed by atoms with E-state index in [1.807, 2.05) is 6.08 Å². The summed E-state index contributed by atoms with van der Waals surface area (Å²) < 4.78 is 31.7. The summed E-state index contributed by atoms with van der Waals surface area (Å²) in [6.45, 7) is 0. The van der Waals surface area contributed by atoms with E-state index in [2.05, 4.69) is 20.0 Å². The molecule has 3 heterocycles. The summed E-state index contributed by atoms with van der Waals surface area (Å²) in [6.07, 6.45) is 2.02. The summed E-state index contributed by atoms with van der Waals surface area (Å²) in [6, 6.07) is 0. The summed E-state index contributed by atoms with van der Waals surface area (Å²) in [5.41, 5.74) is 2.10. The molecule has 0 aromatic carbocycles. The number of amides is 1. The number of carboxylic acids is 1. The Labute approximate surface area is 121 Å². The molecule has 0 aromatic heterocycles. The van der Waals surface area contributed by atoms with Crippen molar-refractivity contribution in [2.45, 2.75) is 12.6 Å². The van der Waals surface area contributed by atoms with Gasteiger partial charge >= 0.3 is 12.1 Å². The maximum absolute atomic E-state index is 11.6. The summed E-state index contributed by atoms with van der Waals surface area (Å²) >= 11 is 0. The summed E-state index contributed by atoms with van der Waals surface area (Å²) in [7, 11) is 0. The van der Waals surface area contributed by atoms with Gasteiger partial charge in [0.1, 0.15) is 6.34 Å². The SMILES string of the molecule is O=C(O)C(F)(F)F.O=C1N=CN=C2N=C3C=NC=CCC3=C12. The van der Waals surface area contributed by atoms with Crippen molar-refractivity contribution in [3.8, 4) is 0 Å². The highest BCUT2D eigenvalue weighted by Crippen LogP contribution is 2.24. The van der Waals surface area contributed by atoms with Gasteiger partial charge in [-0.1, -0.05) is 6.08 Å². The molecule has 0 bridgehead atoms. The Kier molecular flexibility index (Phi) is 4.11. The van der Waals surface area contributed by atoms with Gasteiger partial charge in [-0.2, -0.15) is 18.2 Å². The molecule has 7 nitrogen and oxygen atoms in total. The van der Waals surface area contributed by atoms with Crippen LogP contribution in [0.3, 0.4) is 0 Å². The summed E-state index contributed by atoms with van der Waals surface area (Å²) in [5.74, 6) is -2.56. The highest BCUT2D eigenvalue weighted by molar-refractivity contribution is 6.49. The molecule has 0 saturated carbocycles. The van der Waals surface area contributed by atoms with E-state index in [4.69, 9.17) is 9.90 Å². The standard InChI is InChI=1S/C10H6N4O.C2HF3O2/c15-10-8-6-2-1-3-11-4-7(6)14-9(8)12-5-13-10;3-2(4,5)1(6)7/h1,3-5H,2H2;(H,6,7). The number of amidine groups is 1. The molecular weight excluding hydrogens is 305 g/mol. The van der Waals surface area contributed by atoms with Gasteiger partial charge < -0.3 is 5.11 Å². The van der Waals surface area contributed by atoms with Crippen LogP contribution in [-0.4, -0.2) is 47.3 Å². The van der Waals surface area contributed by atoms with Crippen LogP contribution in [0.4, 0.5) is 13.2 Å². The first-order valence-corrected chi connectivity index (χ1v) is 5.76. The molecule has 10 heteroatoms. The fourth-order valence-corrected chi connectivity index (χ4v) is 1.68. The van der Waals surface area contributed by atoms with Gasteiger partial charge in [-0.05, 0) is 12.0 Å². The number of allylic oxidation sites excluding steroid dienone is 2. The number of carbonyl (C=O) groups excluding carboxylic acids is 1. The lowest BCUT2D eigenvalue weighted by Crippen LogP contribution is -2.21. The molecule has 0 atom stereocenters.